The van der Waals surface area contributed by atoms with E-state index in [1.54, 1.807) is 13.8 Å². The first-order valence-electron chi connectivity index (χ1n) is 14.2. The van der Waals surface area contributed by atoms with Crippen LogP contribution < -0.4 is 27.0 Å². The third-order valence-corrected chi connectivity index (χ3v) is 7.34. The van der Waals surface area contributed by atoms with E-state index in [2.05, 4.69) is 46.5 Å². The van der Waals surface area contributed by atoms with Gasteiger partial charge in [0.1, 0.15) is 23.8 Å². The van der Waals surface area contributed by atoms with Gasteiger partial charge in [-0.15, -0.1) is 12.6 Å². The molecular formula is C27H42N6O11S2. The third kappa shape index (κ3) is 13.4. The lowest BCUT2D eigenvalue weighted by Crippen LogP contribution is -2.57. The molecule has 0 aliphatic carbocycles. The van der Waals surface area contributed by atoms with Gasteiger partial charge >= 0.3 is 11.9 Å². The lowest BCUT2D eigenvalue weighted by Gasteiger charge is -2.26. The first-order valence-corrected chi connectivity index (χ1v) is 15.3. The van der Waals surface area contributed by atoms with Crippen LogP contribution in [0, 0.1) is 5.92 Å². The maximum Gasteiger partial charge on any atom is 0.303 e. The molecule has 17 nitrogen and oxygen atoms in total. The minimum Gasteiger partial charge on any atom is -0.481 e. The molecule has 10 N–H and O–H groups in total. The number of hydrogen-bond donors (Lipinski definition) is 11. The Labute approximate surface area is 275 Å². The summed E-state index contributed by atoms with van der Waals surface area (Å²) >= 11 is 7.52. The van der Waals surface area contributed by atoms with E-state index in [-0.39, 0.29) is 23.8 Å². The summed E-state index contributed by atoms with van der Waals surface area (Å²) in [5, 5.41) is 44.6. The van der Waals surface area contributed by atoms with Crippen molar-refractivity contribution in [2.75, 3.05) is 5.75 Å². The molecule has 46 heavy (non-hydrogen) atoms. The monoisotopic (exact) mass is 690 g/mol. The zero-order chi connectivity index (χ0) is 35.4. The summed E-state index contributed by atoms with van der Waals surface area (Å²) < 4.78 is 0.813. The largest absolute Gasteiger partial charge is 0.481 e. The molecule has 0 aliphatic heterocycles. The quantitative estimate of drug-likeness (QED) is 0.0573. The Balaban J connectivity index is 3.33. The number of hydrogen-bond acceptors (Lipinski definition) is 12. The van der Waals surface area contributed by atoms with E-state index in [9.17, 15) is 54.0 Å². The molecule has 258 valence electrons. The highest BCUT2D eigenvalue weighted by Gasteiger charge is 2.33. The molecule has 0 unspecified atom stereocenters. The summed E-state index contributed by atoms with van der Waals surface area (Å²) in [6, 6.07) is -4.11. The average molecular weight is 691 g/mol. The highest BCUT2D eigenvalue weighted by molar-refractivity contribution is 7.81. The van der Waals surface area contributed by atoms with E-state index >= 15 is 0 Å². The average Bonchev–Trinajstić information content (AvgIpc) is 3.45. The molecule has 0 bridgehead atoms. The Morgan fingerprint density at radius 2 is 1.35 bits per heavy atom. The van der Waals surface area contributed by atoms with Crippen LogP contribution in [0.15, 0.2) is 18.3 Å². The molecule has 0 aromatic carbocycles. The second-order valence-electron chi connectivity index (χ2n) is 11.0. The maximum atomic E-state index is 13.5. The van der Waals surface area contributed by atoms with Crippen molar-refractivity contribution in [3.63, 3.8) is 0 Å². The molecule has 1 aromatic rings. The minimum absolute atomic E-state index is 0.0140. The van der Waals surface area contributed by atoms with Gasteiger partial charge in [0.25, 0.3) is 11.8 Å². The van der Waals surface area contributed by atoms with Crippen molar-refractivity contribution in [3.8, 4) is 0 Å². The van der Waals surface area contributed by atoms with Gasteiger partial charge in [-0.1, -0.05) is 13.8 Å². The number of amides is 4. The van der Waals surface area contributed by atoms with Gasteiger partial charge in [-0.05, 0) is 44.2 Å². The van der Waals surface area contributed by atoms with Crippen LogP contribution in [-0.4, -0.2) is 108 Å². The SMILES string of the molecule is CC(C)C[C@H](NC(=O)[C@@H](N)CS)C(=O)N[C@@H](CCC(=O)O)C(=O)N[C@@H](CCC(=O)O)C(=O)n1cccc1C(=O)N[C@@H](C)C(O)(O)S. The second kappa shape index (κ2) is 18.5. The minimum atomic E-state index is -2.60. The van der Waals surface area contributed by atoms with Crippen molar-refractivity contribution < 1.29 is 54.0 Å². The predicted molar refractivity (Wildman–Crippen MR) is 169 cm³/mol. The summed E-state index contributed by atoms with van der Waals surface area (Å²) in [7, 11) is 0. The summed E-state index contributed by atoms with van der Waals surface area (Å²) in [5.41, 5.74) is 5.40. The lowest BCUT2D eigenvalue weighted by molar-refractivity contribution is -0.139. The molecular weight excluding hydrogens is 648 g/mol. The van der Waals surface area contributed by atoms with Crippen LogP contribution in [0.4, 0.5) is 0 Å². The molecule has 19 heteroatoms. The van der Waals surface area contributed by atoms with Crippen LogP contribution in [0.3, 0.4) is 0 Å². The number of nitrogens with one attached hydrogen (secondary N) is 4. The fourth-order valence-corrected chi connectivity index (χ4v) is 4.19. The van der Waals surface area contributed by atoms with Gasteiger partial charge in [-0.2, -0.15) is 12.6 Å². The number of carboxylic acids is 2. The second-order valence-corrected chi connectivity index (χ2v) is 12.0. The molecule has 0 radical (unpaired) electrons. The van der Waals surface area contributed by atoms with Crippen LogP contribution in [0.25, 0.3) is 0 Å². The summed E-state index contributed by atoms with van der Waals surface area (Å²) in [4.78, 5) is 88.0. The van der Waals surface area contributed by atoms with Gasteiger partial charge in [0.2, 0.25) is 22.8 Å². The predicted octanol–water partition coefficient (Wildman–Crippen LogP) is -1.70. The molecule has 4 amide bonds. The number of nitrogens with two attached hydrogens (primary N) is 1. The van der Waals surface area contributed by atoms with Crippen molar-refractivity contribution in [1.29, 1.82) is 0 Å². The Bertz CT molecular complexity index is 1270. The van der Waals surface area contributed by atoms with Crippen molar-refractivity contribution >= 4 is 66.7 Å². The fraction of sp³-hybridized carbons (Fsp3) is 0.593. The Morgan fingerprint density at radius 1 is 0.848 bits per heavy atom. The lowest BCUT2D eigenvalue weighted by atomic mass is 10.0. The number of rotatable bonds is 19. The highest BCUT2D eigenvalue weighted by Crippen LogP contribution is 2.14. The van der Waals surface area contributed by atoms with E-state index in [1.807, 2.05) is 0 Å². The molecule has 1 aromatic heterocycles. The number of nitrogens with zero attached hydrogens (tertiary/aromatic N) is 1. The summed E-state index contributed by atoms with van der Waals surface area (Å²) in [6.07, 6.45) is -0.800. The Hall–Kier alpha value is -3.65. The fourth-order valence-electron chi connectivity index (χ4n) is 3.96. The zero-order valence-corrected chi connectivity index (χ0v) is 27.3. The molecule has 0 saturated carbocycles. The highest BCUT2D eigenvalue weighted by atomic mass is 32.1. The normalized spacial score (nSPS) is 14.7. The summed E-state index contributed by atoms with van der Waals surface area (Å²) in [5.74, 6) is -7.18. The van der Waals surface area contributed by atoms with Gasteiger partial charge in [0.15, 0.2) is 0 Å². The molecule has 0 aliphatic rings. The first-order chi connectivity index (χ1) is 21.3. The van der Waals surface area contributed by atoms with Gasteiger partial charge in [-0.25, -0.2) is 0 Å². The van der Waals surface area contributed by atoms with Gasteiger partial charge < -0.3 is 47.4 Å². The van der Waals surface area contributed by atoms with E-state index in [0.29, 0.717) is 0 Å². The topological polar surface area (TPSA) is 279 Å². The van der Waals surface area contributed by atoms with E-state index < -0.39 is 102 Å². The van der Waals surface area contributed by atoms with Crippen LogP contribution in [0.1, 0.15) is 68.2 Å². The molecule has 1 heterocycles. The number of aliphatic carboxylic acids is 2. The smallest absolute Gasteiger partial charge is 0.303 e. The summed E-state index contributed by atoms with van der Waals surface area (Å²) in [6.45, 7) is 4.78. The first kappa shape index (κ1) is 40.4. The number of thiol groups is 2. The van der Waals surface area contributed by atoms with Crippen molar-refractivity contribution in [2.24, 2.45) is 11.7 Å². The van der Waals surface area contributed by atoms with Crippen LogP contribution in [0.2, 0.25) is 0 Å². The zero-order valence-electron chi connectivity index (χ0n) is 25.5. The number of carboxylic acid groups (broad SMARTS) is 2. The Kier molecular flexibility index (Phi) is 16.2. The number of carbonyl (C=O) groups is 7. The Morgan fingerprint density at radius 3 is 1.85 bits per heavy atom. The molecule has 5 atom stereocenters. The number of aromatic nitrogens is 1. The van der Waals surface area contributed by atoms with E-state index in [0.717, 1.165) is 10.8 Å². The van der Waals surface area contributed by atoms with Crippen LogP contribution >= 0.6 is 25.3 Å². The van der Waals surface area contributed by atoms with E-state index in [1.165, 1.54) is 19.1 Å². The van der Waals surface area contributed by atoms with Crippen LogP contribution in [0.5, 0.6) is 0 Å². The number of carbonyl (C=O) groups excluding carboxylic acids is 5. The van der Waals surface area contributed by atoms with Crippen molar-refractivity contribution in [2.45, 2.75) is 88.2 Å². The van der Waals surface area contributed by atoms with Gasteiger partial charge in [0, 0.05) is 24.8 Å². The number of aliphatic hydroxyl groups is 2. The molecule has 0 fully saturated rings. The third-order valence-electron chi connectivity index (χ3n) is 6.56. The molecule has 1 rings (SSSR count). The van der Waals surface area contributed by atoms with Crippen molar-refractivity contribution in [1.82, 2.24) is 25.8 Å². The van der Waals surface area contributed by atoms with Crippen LogP contribution in [-0.2, 0) is 24.0 Å². The van der Waals surface area contributed by atoms with Gasteiger partial charge in [-0.3, -0.25) is 38.1 Å². The maximum absolute atomic E-state index is 13.5. The van der Waals surface area contributed by atoms with Gasteiger partial charge in [0.05, 0.1) is 12.1 Å². The standard InChI is InChI=1S/C27H42N6O11S2/c1-13(2)11-18(32-22(38)15(28)12-45)24(40)30-16(6-8-20(34)35)23(39)31-17(7-9-21(36)37)26(42)33-10-4-5-19(33)25(41)29-14(3)27(43,44)46/h4-5,10,13-18,43-46H,6-9,11-12,28H2,1-3H3,(H,29,41)(H,30,40)(H,31,39)(H,32,38)(H,34,35)(H,36,37)/t14-,15-,16-,17-,18-/m0/s1. The molecule has 0 spiro atoms. The van der Waals surface area contributed by atoms with E-state index in [4.69, 9.17) is 5.73 Å². The van der Waals surface area contributed by atoms with Crippen molar-refractivity contribution in [3.05, 3.63) is 24.0 Å². The molecule has 0 saturated heterocycles.